The van der Waals surface area contributed by atoms with Gasteiger partial charge in [-0.25, -0.2) is 14.8 Å². The van der Waals surface area contributed by atoms with E-state index in [0.717, 1.165) is 10.2 Å². The summed E-state index contributed by atoms with van der Waals surface area (Å²) in [7, 11) is 0. The SMILES string of the molecule is CC(C)(C)OC(=O)n1cc(-c2ccncn2)cn1. The first-order valence-corrected chi connectivity index (χ1v) is 5.50. The summed E-state index contributed by atoms with van der Waals surface area (Å²) in [5.41, 5.74) is 0.904. The number of carbonyl (C=O) groups excluding carboxylic acids is 1. The zero-order valence-electron chi connectivity index (χ0n) is 10.5. The summed E-state index contributed by atoms with van der Waals surface area (Å²) >= 11 is 0. The Labute approximate surface area is 105 Å². The monoisotopic (exact) mass is 246 g/mol. The largest absolute Gasteiger partial charge is 0.442 e. The number of ether oxygens (including phenoxy) is 1. The predicted molar refractivity (Wildman–Crippen MR) is 64.9 cm³/mol. The van der Waals surface area contributed by atoms with Crippen molar-refractivity contribution in [3.8, 4) is 11.3 Å². The number of aromatic nitrogens is 4. The fraction of sp³-hybridized carbons (Fsp3) is 0.333. The van der Waals surface area contributed by atoms with Gasteiger partial charge in [-0.2, -0.15) is 9.78 Å². The quantitative estimate of drug-likeness (QED) is 0.770. The van der Waals surface area contributed by atoms with Gasteiger partial charge in [0, 0.05) is 18.0 Å². The van der Waals surface area contributed by atoms with E-state index in [9.17, 15) is 4.79 Å². The van der Waals surface area contributed by atoms with Crippen LogP contribution in [0.5, 0.6) is 0 Å². The van der Waals surface area contributed by atoms with Gasteiger partial charge in [0.15, 0.2) is 0 Å². The van der Waals surface area contributed by atoms with Crippen LogP contribution in [0.1, 0.15) is 20.8 Å². The molecular formula is C12H14N4O2. The molecule has 0 fully saturated rings. The second-order valence-electron chi connectivity index (χ2n) is 4.75. The maximum atomic E-state index is 11.8. The van der Waals surface area contributed by atoms with Crippen LogP contribution in [-0.4, -0.2) is 31.4 Å². The first-order chi connectivity index (χ1) is 8.46. The lowest BCUT2D eigenvalue weighted by Crippen LogP contribution is -2.27. The average Bonchev–Trinajstić information content (AvgIpc) is 2.77. The lowest BCUT2D eigenvalue weighted by atomic mass is 10.2. The molecule has 0 N–H and O–H groups in total. The molecule has 0 unspecified atom stereocenters. The zero-order valence-corrected chi connectivity index (χ0v) is 10.5. The highest BCUT2D eigenvalue weighted by Gasteiger charge is 2.18. The number of hydrogen-bond donors (Lipinski definition) is 0. The summed E-state index contributed by atoms with van der Waals surface area (Å²) in [4.78, 5) is 19.7. The van der Waals surface area contributed by atoms with Gasteiger partial charge in [-0.15, -0.1) is 0 Å². The second-order valence-corrected chi connectivity index (χ2v) is 4.75. The van der Waals surface area contributed by atoms with Gasteiger partial charge in [0.2, 0.25) is 0 Å². The molecule has 0 aliphatic heterocycles. The highest BCUT2D eigenvalue weighted by molar-refractivity contribution is 5.71. The van der Waals surface area contributed by atoms with Crippen LogP contribution >= 0.6 is 0 Å². The van der Waals surface area contributed by atoms with Crippen LogP contribution in [-0.2, 0) is 4.74 Å². The lowest BCUT2D eigenvalue weighted by molar-refractivity contribution is 0.0514. The summed E-state index contributed by atoms with van der Waals surface area (Å²) < 4.78 is 6.36. The molecule has 0 aromatic carbocycles. The van der Waals surface area contributed by atoms with E-state index in [-0.39, 0.29) is 0 Å². The normalized spacial score (nSPS) is 11.3. The van der Waals surface area contributed by atoms with Crippen molar-refractivity contribution in [2.75, 3.05) is 0 Å². The Morgan fingerprint density at radius 1 is 1.39 bits per heavy atom. The number of rotatable bonds is 1. The molecule has 2 heterocycles. The molecule has 0 saturated carbocycles. The molecule has 0 radical (unpaired) electrons. The van der Waals surface area contributed by atoms with Crippen LogP contribution < -0.4 is 0 Å². The molecule has 94 valence electrons. The number of nitrogens with zero attached hydrogens (tertiary/aromatic N) is 4. The van der Waals surface area contributed by atoms with E-state index >= 15 is 0 Å². The van der Waals surface area contributed by atoms with E-state index in [1.165, 1.54) is 6.33 Å². The van der Waals surface area contributed by atoms with Crippen LogP contribution in [0.15, 0.2) is 31.0 Å². The average molecular weight is 246 g/mol. The fourth-order valence-corrected chi connectivity index (χ4v) is 1.33. The molecule has 0 atom stereocenters. The molecule has 2 rings (SSSR count). The second kappa shape index (κ2) is 4.56. The summed E-state index contributed by atoms with van der Waals surface area (Å²) in [6, 6.07) is 1.75. The first kappa shape index (κ1) is 12.2. The molecular weight excluding hydrogens is 232 g/mol. The molecule has 2 aromatic rings. The molecule has 0 spiro atoms. The van der Waals surface area contributed by atoms with Crippen LogP contribution in [0.4, 0.5) is 4.79 Å². The van der Waals surface area contributed by atoms with E-state index in [4.69, 9.17) is 4.74 Å². The predicted octanol–water partition coefficient (Wildman–Crippen LogP) is 2.12. The summed E-state index contributed by atoms with van der Waals surface area (Å²) in [6.45, 7) is 5.42. The van der Waals surface area contributed by atoms with Gasteiger partial charge in [-0.3, -0.25) is 0 Å². The molecule has 0 aliphatic rings. The van der Waals surface area contributed by atoms with Crippen molar-refractivity contribution < 1.29 is 9.53 Å². The molecule has 0 bridgehead atoms. The number of hydrogen-bond acceptors (Lipinski definition) is 5. The molecule has 0 amide bonds. The van der Waals surface area contributed by atoms with Crippen molar-refractivity contribution in [1.29, 1.82) is 0 Å². The van der Waals surface area contributed by atoms with Gasteiger partial charge >= 0.3 is 6.09 Å². The smallest absolute Gasteiger partial charge is 0.435 e. The van der Waals surface area contributed by atoms with E-state index in [2.05, 4.69) is 15.1 Å². The van der Waals surface area contributed by atoms with Gasteiger partial charge in [0.05, 0.1) is 11.9 Å². The maximum absolute atomic E-state index is 11.8. The third-order valence-corrected chi connectivity index (χ3v) is 2.04. The van der Waals surface area contributed by atoms with Gasteiger partial charge in [0.1, 0.15) is 11.9 Å². The van der Waals surface area contributed by atoms with Crippen molar-refractivity contribution in [3.05, 3.63) is 31.0 Å². The molecule has 6 nitrogen and oxygen atoms in total. The zero-order chi connectivity index (χ0) is 13.2. The Kier molecular flexibility index (Phi) is 3.10. The van der Waals surface area contributed by atoms with Crippen molar-refractivity contribution in [1.82, 2.24) is 19.7 Å². The first-order valence-electron chi connectivity index (χ1n) is 5.50. The van der Waals surface area contributed by atoms with E-state index in [1.807, 2.05) is 0 Å². The minimum atomic E-state index is -0.544. The lowest BCUT2D eigenvalue weighted by Gasteiger charge is -2.18. The van der Waals surface area contributed by atoms with Crippen LogP contribution in [0.2, 0.25) is 0 Å². The minimum absolute atomic E-state index is 0.511. The van der Waals surface area contributed by atoms with Gasteiger partial charge < -0.3 is 4.74 Å². The third-order valence-electron chi connectivity index (χ3n) is 2.04. The van der Waals surface area contributed by atoms with E-state index in [0.29, 0.717) is 5.69 Å². The molecule has 6 heteroatoms. The molecule has 0 aliphatic carbocycles. The molecule has 2 aromatic heterocycles. The minimum Gasteiger partial charge on any atom is -0.442 e. The van der Waals surface area contributed by atoms with Crippen LogP contribution in [0.25, 0.3) is 11.3 Å². The Morgan fingerprint density at radius 2 is 2.17 bits per heavy atom. The summed E-state index contributed by atoms with van der Waals surface area (Å²) in [5.74, 6) is 0. The van der Waals surface area contributed by atoms with Crippen molar-refractivity contribution in [2.45, 2.75) is 26.4 Å². The molecule has 18 heavy (non-hydrogen) atoms. The van der Waals surface area contributed by atoms with E-state index in [1.54, 1.807) is 45.4 Å². The van der Waals surface area contributed by atoms with Crippen molar-refractivity contribution in [2.24, 2.45) is 0 Å². The Morgan fingerprint density at radius 3 is 2.78 bits per heavy atom. The Bertz CT molecular complexity index is 543. The van der Waals surface area contributed by atoms with Crippen LogP contribution in [0.3, 0.4) is 0 Å². The summed E-state index contributed by atoms with van der Waals surface area (Å²) in [5, 5.41) is 3.96. The van der Waals surface area contributed by atoms with Gasteiger partial charge in [-0.1, -0.05) is 0 Å². The maximum Gasteiger partial charge on any atom is 0.435 e. The van der Waals surface area contributed by atoms with Crippen molar-refractivity contribution in [3.63, 3.8) is 0 Å². The van der Waals surface area contributed by atoms with E-state index < -0.39 is 11.7 Å². The number of carbonyl (C=O) groups is 1. The van der Waals surface area contributed by atoms with Gasteiger partial charge in [-0.05, 0) is 26.8 Å². The fourth-order valence-electron chi connectivity index (χ4n) is 1.33. The Hall–Kier alpha value is -2.24. The van der Waals surface area contributed by atoms with Gasteiger partial charge in [0.25, 0.3) is 0 Å². The standard InChI is InChI=1S/C12H14N4O2/c1-12(2,3)18-11(17)16-7-9(6-15-16)10-4-5-13-8-14-10/h4-8H,1-3H3. The topological polar surface area (TPSA) is 69.9 Å². The third kappa shape index (κ3) is 2.91. The van der Waals surface area contributed by atoms with Crippen molar-refractivity contribution >= 4 is 6.09 Å². The van der Waals surface area contributed by atoms with Crippen LogP contribution in [0, 0.1) is 0 Å². The Balaban J connectivity index is 2.19. The molecule has 0 saturated heterocycles. The highest BCUT2D eigenvalue weighted by atomic mass is 16.6. The summed E-state index contributed by atoms with van der Waals surface area (Å²) in [6.07, 6.45) is 5.71. The highest BCUT2D eigenvalue weighted by Crippen LogP contribution is 2.15.